The molecule has 0 saturated carbocycles. The van der Waals surface area contributed by atoms with Crippen molar-refractivity contribution in [3.63, 3.8) is 0 Å². The molecule has 3 saturated heterocycles. The molecule has 0 aromatic heterocycles. The lowest BCUT2D eigenvalue weighted by Gasteiger charge is -2.33. The van der Waals surface area contributed by atoms with Gasteiger partial charge in [-0.25, -0.2) is 0 Å². The predicted octanol–water partition coefficient (Wildman–Crippen LogP) is 3.13. The van der Waals surface area contributed by atoms with Crippen LogP contribution in [0, 0.1) is 10.1 Å². The van der Waals surface area contributed by atoms with E-state index >= 15 is 0 Å². The van der Waals surface area contributed by atoms with Crippen LogP contribution in [0.25, 0.3) is 0 Å². The highest BCUT2D eigenvalue weighted by atomic mass is 16.6. The fourth-order valence-corrected chi connectivity index (χ4v) is 3.99. The molecule has 1 amide bonds. The topological polar surface area (TPSA) is 78.7 Å². The zero-order valence-corrected chi connectivity index (χ0v) is 15.0. The number of fused-ring (bicyclic) bond motifs is 4. The first-order chi connectivity index (χ1) is 13.1. The Hall–Kier alpha value is -2.93. The van der Waals surface area contributed by atoms with Crippen LogP contribution in [-0.2, 0) is 0 Å². The van der Waals surface area contributed by atoms with Gasteiger partial charge in [0.2, 0.25) is 0 Å². The molecule has 27 heavy (non-hydrogen) atoms. The molecular formula is C20H22N4O3. The van der Waals surface area contributed by atoms with Crippen LogP contribution in [0.15, 0.2) is 48.5 Å². The summed E-state index contributed by atoms with van der Waals surface area (Å²) in [6, 6.07) is 14.3. The molecule has 2 aromatic rings. The number of benzene rings is 2. The van der Waals surface area contributed by atoms with Crippen molar-refractivity contribution >= 4 is 23.0 Å². The van der Waals surface area contributed by atoms with Crippen LogP contribution in [0.1, 0.15) is 23.2 Å². The Balaban J connectivity index is 1.48. The summed E-state index contributed by atoms with van der Waals surface area (Å²) in [7, 11) is 0. The molecule has 0 aliphatic carbocycles. The number of nitro benzene ring substituents is 1. The second-order valence-corrected chi connectivity index (χ2v) is 7.04. The number of para-hydroxylation sites is 1. The molecule has 140 valence electrons. The fourth-order valence-electron chi connectivity index (χ4n) is 3.99. The highest BCUT2D eigenvalue weighted by Gasteiger charge is 2.29. The molecule has 2 aromatic carbocycles. The van der Waals surface area contributed by atoms with Crippen LogP contribution < -0.4 is 10.2 Å². The van der Waals surface area contributed by atoms with Crippen molar-refractivity contribution in [1.29, 1.82) is 0 Å². The lowest BCUT2D eigenvalue weighted by atomic mass is 10.0. The Morgan fingerprint density at radius 3 is 2.41 bits per heavy atom. The molecule has 0 spiro atoms. The van der Waals surface area contributed by atoms with Gasteiger partial charge < -0.3 is 15.1 Å². The van der Waals surface area contributed by atoms with Crippen molar-refractivity contribution in [3.05, 3.63) is 64.2 Å². The Bertz CT molecular complexity index is 845. The van der Waals surface area contributed by atoms with Gasteiger partial charge in [-0.15, -0.1) is 0 Å². The van der Waals surface area contributed by atoms with Gasteiger partial charge in [-0.05, 0) is 43.2 Å². The highest BCUT2D eigenvalue weighted by Crippen LogP contribution is 2.28. The Labute approximate surface area is 157 Å². The van der Waals surface area contributed by atoms with Crippen molar-refractivity contribution in [1.82, 2.24) is 4.90 Å². The number of nitrogens with one attached hydrogen (secondary N) is 1. The molecule has 0 atom stereocenters. The van der Waals surface area contributed by atoms with E-state index in [1.54, 1.807) is 12.1 Å². The Morgan fingerprint density at radius 1 is 1.00 bits per heavy atom. The summed E-state index contributed by atoms with van der Waals surface area (Å²) < 4.78 is 0. The number of piperidine rings is 1. The summed E-state index contributed by atoms with van der Waals surface area (Å²) in [4.78, 5) is 28.0. The van der Waals surface area contributed by atoms with E-state index in [2.05, 4.69) is 15.1 Å². The number of hydrogen-bond donors (Lipinski definition) is 1. The highest BCUT2D eigenvalue weighted by molar-refractivity contribution is 6.07. The molecule has 5 rings (SSSR count). The van der Waals surface area contributed by atoms with Crippen LogP contribution >= 0.6 is 0 Å². The second kappa shape index (κ2) is 7.36. The molecule has 3 aliphatic rings. The summed E-state index contributed by atoms with van der Waals surface area (Å²) in [6.45, 7) is 4.45. The normalized spacial score (nSPS) is 21.6. The molecule has 0 unspecified atom stereocenters. The van der Waals surface area contributed by atoms with E-state index < -0.39 is 10.8 Å². The zero-order chi connectivity index (χ0) is 18.8. The van der Waals surface area contributed by atoms with Crippen LogP contribution in [0.5, 0.6) is 0 Å². The SMILES string of the molecule is O=C(Nc1ccc(N2CCN3CCC2CC3)cc1)c1ccccc1[N+](=O)[O-]. The Morgan fingerprint density at radius 2 is 1.70 bits per heavy atom. The molecule has 3 heterocycles. The van der Waals surface area contributed by atoms with Gasteiger partial charge in [-0.3, -0.25) is 14.9 Å². The van der Waals surface area contributed by atoms with Gasteiger partial charge in [0.25, 0.3) is 11.6 Å². The van der Waals surface area contributed by atoms with Crippen LogP contribution in [0.2, 0.25) is 0 Å². The molecule has 2 bridgehead atoms. The molecule has 0 radical (unpaired) electrons. The number of nitrogens with zero attached hydrogens (tertiary/aromatic N) is 3. The van der Waals surface area contributed by atoms with E-state index in [0.717, 1.165) is 18.8 Å². The second-order valence-electron chi connectivity index (χ2n) is 7.04. The predicted molar refractivity (Wildman–Crippen MR) is 104 cm³/mol. The van der Waals surface area contributed by atoms with Crippen LogP contribution in [0.4, 0.5) is 17.1 Å². The lowest BCUT2D eigenvalue weighted by molar-refractivity contribution is -0.385. The van der Waals surface area contributed by atoms with E-state index in [9.17, 15) is 14.9 Å². The number of nitro groups is 1. The molecular weight excluding hydrogens is 344 g/mol. The number of anilines is 2. The molecule has 7 heteroatoms. The van der Waals surface area contributed by atoms with Gasteiger partial charge in [-0.1, -0.05) is 12.1 Å². The average Bonchev–Trinajstić information content (AvgIpc) is 3.02. The van der Waals surface area contributed by atoms with E-state index in [1.807, 2.05) is 24.3 Å². The summed E-state index contributed by atoms with van der Waals surface area (Å²) in [6.07, 6.45) is 2.38. The minimum atomic E-state index is -0.539. The van der Waals surface area contributed by atoms with E-state index in [4.69, 9.17) is 0 Å². The van der Waals surface area contributed by atoms with Gasteiger partial charge in [0.1, 0.15) is 5.56 Å². The maximum Gasteiger partial charge on any atom is 0.282 e. The third-order valence-electron chi connectivity index (χ3n) is 5.46. The van der Waals surface area contributed by atoms with Gasteiger partial charge in [-0.2, -0.15) is 0 Å². The fraction of sp³-hybridized carbons (Fsp3) is 0.350. The van der Waals surface area contributed by atoms with E-state index in [0.29, 0.717) is 11.7 Å². The summed E-state index contributed by atoms with van der Waals surface area (Å²) in [5.41, 5.74) is 1.66. The first-order valence-corrected chi connectivity index (χ1v) is 9.25. The third kappa shape index (κ3) is 3.64. The van der Waals surface area contributed by atoms with Crippen LogP contribution in [-0.4, -0.2) is 48.0 Å². The smallest absolute Gasteiger partial charge is 0.282 e. The van der Waals surface area contributed by atoms with Crippen molar-refractivity contribution in [3.8, 4) is 0 Å². The van der Waals surface area contributed by atoms with E-state index in [-0.39, 0.29) is 11.3 Å². The van der Waals surface area contributed by atoms with Crippen molar-refractivity contribution in [2.24, 2.45) is 0 Å². The van der Waals surface area contributed by atoms with Crippen molar-refractivity contribution in [2.75, 3.05) is 36.4 Å². The summed E-state index contributed by atoms with van der Waals surface area (Å²) in [5, 5.41) is 13.9. The van der Waals surface area contributed by atoms with Crippen molar-refractivity contribution < 1.29 is 9.72 Å². The molecule has 3 fully saturated rings. The first kappa shape index (κ1) is 17.5. The standard InChI is InChI=1S/C20H22N4O3/c25-20(18-3-1-2-4-19(18)24(26)27)21-15-5-7-16(8-6-15)23-14-13-22-11-9-17(23)10-12-22/h1-8,17H,9-14H2,(H,21,25). The molecule has 1 N–H and O–H groups in total. The average molecular weight is 366 g/mol. The number of carbonyl (C=O) groups is 1. The van der Waals surface area contributed by atoms with Crippen molar-refractivity contribution in [2.45, 2.75) is 18.9 Å². The van der Waals surface area contributed by atoms with Gasteiger partial charge in [0.05, 0.1) is 4.92 Å². The minimum absolute atomic E-state index is 0.0603. The number of hydrogen-bond acceptors (Lipinski definition) is 5. The quantitative estimate of drug-likeness (QED) is 0.664. The van der Waals surface area contributed by atoms with Gasteiger partial charge in [0, 0.05) is 49.7 Å². The monoisotopic (exact) mass is 366 g/mol. The maximum absolute atomic E-state index is 12.4. The number of amides is 1. The lowest BCUT2D eigenvalue weighted by Crippen LogP contribution is -2.37. The summed E-state index contributed by atoms with van der Waals surface area (Å²) in [5.74, 6) is -0.476. The zero-order valence-electron chi connectivity index (χ0n) is 15.0. The maximum atomic E-state index is 12.4. The van der Waals surface area contributed by atoms with E-state index in [1.165, 1.54) is 38.1 Å². The van der Waals surface area contributed by atoms with Gasteiger partial charge >= 0.3 is 0 Å². The minimum Gasteiger partial charge on any atom is -0.367 e. The third-order valence-corrected chi connectivity index (χ3v) is 5.46. The first-order valence-electron chi connectivity index (χ1n) is 9.25. The largest absolute Gasteiger partial charge is 0.367 e. The molecule has 3 aliphatic heterocycles. The number of rotatable bonds is 4. The van der Waals surface area contributed by atoms with Crippen LogP contribution in [0.3, 0.4) is 0 Å². The summed E-state index contributed by atoms with van der Waals surface area (Å²) >= 11 is 0. The number of carbonyl (C=O) groups excluding carboxylic acids is 1. The van der Waals surface area contributed by atoms with Gasteiger partial charge in [0.15, 0.2) is 0 Å². The Kier molecular flexibility index (Phi) is 4.77. The molecule has 7 nitrogen and oxygen atoms in total.